The van der Waals surface area contributed by atoms with E-state index < -0.39 is 5.54 Å². The van der Waals surface area contributed by atoms with E-state index in [-0.39, 0.29) is 11.9 Å². The molecule has 2 N–H and O–H groups in total. The molecule has 5 nitrogen and oxygen atoms in total. The second-order valence-electron chi connectivity index (χ2n) is 6.34. The molecular formula is C17H22ClN3O2. The molecule has 3 rings (SSSR count). The van der Waals surface area contributed by atoms with Gasteiger partial charge in [0.1, 0.15) is 5.54 Å². The highest BCUT2D eigenvalue weighted by molar-refractivity contribution is 6.30. The Morgan fingerprint density at radius 1 is 1.26 bits per heavy atom. The summed E-state index contributed by atoms with van der Waals surface area (Å²) >= 11 is 5.95. The molecule has 6 heteroatoms. The average molecular weight is 336 g/mol. The zero-order chi connectivity index (χ0) is 16.3. The van der Waals surface area contributed by atoms with E-state index in [9.17, 15) is 9.59 Å². The lowest BCUT2D eigenvalue weighted by molar-refractivity contribution is -0.131. The fourth-order valence-electron chi connectivity index (χ4n) is 3.44. The van der Waals surface area contributed by atoms with Crippen LogP contribution in [0.2, 0.25) is 5.02 Å². The van der Waals surface area contributed by atoms with Gasteiger partial charge < -0.3 is 10.6 Å². The fourth-order valence-corrected chi connectivity index (χ4v) is 3.65. The summed E-state index contributed by atoms with van der Waals surface area (Å²) in [4.78, 5) is 25.9. The van der Waals surface area contributed by atoms with Crippen molar-refractivity contribution in [3.05, 3.63) is 34.9 Å². The molecule has 0 aromatic heterocycles. The number of urea groups is 1. The molecule has 0 radical (unpaired) electrons. The highest BCUT2D eigenvalue weighted by Gasteiger charge is 2.51. The van der Waals surface area contributed by atoms with Crippen LogP contribution in [0, 0.1) is 0 Å². The first-order chi connectivity index (χ1) is 11.1. The summed E-state index contributed by atoms with van der Waals surface area (Å²) in [6.45, 7) is 1.94. The summed E-state index contributed by atoms with van der Waals surface area (Å²) in [6, 6.07) is 7.48. The number of nitrogens with zero attached hydrogens (tertiary/aromatic N) is 1. The first kappa shape index (κ1) is 16.3. The van der Waals surface area contributed by atoms with Crippen LogP contribution in [-0.4, -0.2) is 35.5 Å². The van der Waals surface area contributed by atoms with Crippen molar-refractivity contribution in [1.82, 2.24) is 15.5 Å². The van der Waals surface area contributed by atoms with Gasteiger partial charge in [-0.3, -0.25) is 9.69 Å². The molecule has 1 heterocycles. The average Bonchev–Trinajstić information content (AvgIpc) is 3.07. The lowest BCUT2D eigenvalue weighted by atomic mass is 9.98. The summed E-state index contributed by atoms with van der Waals surface area (Å²) in [5, 5.41) is 6.95. The standard InChI is InChI=1S/C17H22ClN3O2/c18-14-6-3-5-13(11-14)12-19-9-4-10-21-15(22)17(20-16(21)23)7-1-2-8-17/h3,5-6,11,19H,1-2,4,7-10,12H2,(H,20,23). The van der Waals surface area contributed by atoms with Gasteiger partial charge in [0.15, 0.2) is 0 Å². The Kier molecular flexibility index (Phi) is 4.87. The molecule has 2 aliphatic rings. The molecule has 1 aliphatic carbocycles. The van der Waals surface area contributed by atoms with Crippen molar-refractivity contribution in [3.8, 4) is 0 Å². The summed E-state index contributed by atoms with van der Waals surface area (Å²) in [6.07, 6.45) is 4.33. The largest absolute Gasteiger partial charge is 0.325 e. The van der Waals surface area contributed by atoms with Crippen LogP contribution >= 0.6 is 11.6 Å². The van der Waals surface area contributed by atoms with Gasteiger partial charge in [-0.2, -0.15) is 0 Å². The van der Waals surface area contributed by atoms with Crippen molar-refractivity contribution in [2.24, 2.45) is 0 Å². The van der Waals surface area contributed by atoms with Crippen molar-refractivity contribution in [2.75, 3.05) is 13.1 Å². The van der Waals surface area contributed by atoms with Crippen molar-refractivity contribution in [2.45, 2.75) is 44.2 Å². The Labute approximate surface area is 141 Å². The number of hydrogen-bond acceptors (Lipinski definition) is 3. The molecule has 1 aromatic rings. The van der Waals surface area contributed by atoms with Gasteiger partial charge in [-0.15, -0.1) is 0 Å². The number of hydrogen-bond donors (Lipinski definition) is 2. The summed E-state index contributed by atoms with van der Waals surface area (Å²) < 4.78 is 0. The van der Waals surface area contributed by atoms with E-state index in [2.05, 4.69) is 10.6 Å². The Morgan fingerprint density at radius 2 is 2.04 bits per heavy atom. The van der Waals surface area contributed by atoms with Crippen molar-refractivity contribution in [3.63, 3.8) is 0 Å². The number of halogens is 1. The van der Waals surface area contributed by atoms with E-state index in [0.29, 0.717) is 6.54 Å². The molecule has 124 valence electrons. The van der Waals surface area contributed by atoms with Crippen LogP contribution in [0.4, 0.5) is 4.79 Å². The lowest BCUT2D eigenvalue weighted by Crippen LogP contribution is -2.44. The molecule has 1 saturated heterocycles. The van der Waals surface area contributed by atoms with Gasteiger partial charge in [0.2, 0.25) is 0 Å². The minimum Gasteiger partial charge on any atom is -0.323 e. The van der Waals surface area contributed by atoms with Gasteiger partial charge >= 0.3 is 6.03 Å². The Hall–Kier alpha value is -1.59. The van der Waals surface area contributed by atoms with Crippen LogP contribution < -0.4 is 10.6 Å². The van der Waals surface area contributed by atoms with Crippen molar-refractivity contribution in [1.29, 1.82) is 0 Å². The molecule has 2 fully saturated rings. The molecular weight excluding hydrogens is 314 g/mol. The highest BCUT2D eigenvalue weighted by Crippen LogP contribution is 2.34. The van der Waals surface area contributed by atoms with Crippen LogP contribution in [0.1, 0.15) is 37.7 Å². The second-order valence-corrected chi connectivity index (χ2v) is 6.77. The van der Waals surface area contributed by atoms with Gasteiger partial charge in [-0.05, 0) is 43.5 Å². The van der Waals surface area contributed by atoms with Gasteiger partial charge in [0, 0.05) is 18.1 Å². The monoisotopic (exact) mass is 335 g/mol. The molecule has 0 unspecified atom stereocenters. The normalized spacial score (nSPS) is 19.6. The number of carbonyl (C=O) groups is 2. The molecule has 1 spiro atoms. The fraction of sp³-hybridized carbons (Fsp3) is 0.529. The van der Waals surface area contributed by atoms with Crippen LogP contribution in [-0.2, 0) is 11.3 Å². The topological polar surface area (TPSA) is 61.4 Å². The second kappa shape index (κ2) is 6.89. The van der Waals surface area contributed by atoms with E-state index in [4.69, 9.17) is 11.6 Å². The lowest BCUT2D eigenvalue weighted by Gasteiger charge is -2.20. The molecule has 3 amide bonds. The van der Waals surface area contributed by atoms with Crippen LogP contribution in [0.3, 0.4) is 0 Å². The summed E-state index contributed by atoms with van der Waals surface area (Å²) in [5.41, 5.74) is 0.531. The van der Waals surface area contributed by atoms with Gasteiger partial charge in [0.05, 0.1) is 0 Å². The number of amides is 3. The number of carbonyl (C=O) groups excluding carboxylic acids is 2. The van der Waals surface area contributed by atoms with Gasteiger partial charge in [-0.1, -0.05) is 36.6 Å². The smallest absolute Gasteiger partial charge is 0.323 e. The SMILES string of the molecule is O=C1NC2(CCCC2)C(=O)N1CCCNCc1cccc(Cl)c1. The Morgan fingerprint density at radius 3 is 2.78 bits per heavy atom. The van der Waals surface area contributed by atoms with E-state index >= 15 is 0 Å². The highest BCUT2D eigenvalue weighted by atomic mass is 35.5. The molecule has 1 aromatic carbocycles. The minimum absolute atomic E-state index is 0.0326. The first-order valence-electron chi connectivity index (χ1n) is 8.20. The van der Waals surface area contributed by atoms with E-state index in [1.807, 2.05) is 24.3 Å². The number of benzene rings is 1. The molecule has 0 atom stereocenters. The summed E-state index contributed by atoms with van der Waals surface area (Å²) in [5.74, 6) is -0.0326. The van der Waals surface area contributed by atoms with E-state index in [1.54, 1.807) is 0 Å². The predicted octanol–water partition coefficient (Wildman–Crippen LogP) is 2.68. The maximum Gasteiger partial charge on any atom is 0.325 e. The molecule has 23 heavy (non-hydrogen) atoms. The predicted molar refractivity (Wildman–Crippen MR) is 89.2 cm³/mol. The van der Waals surface area contributed by atoms with Crippen molar-refractivity contribution >= 4 is 23.5 Å². The number of imide groups is 1. The maximum absolute atomic E-state index is 12.5. The molecule has 0 bridgehead atoms. The number of rotatable bonds is 6. The number of nitrogens with one attached hydrogen (secondary N) is 2. The van der Waals surface area contributed by atoms with Crippen LogP contribution in [0.25, 0.3) is 0 Å². The van der Waals surface area contributed by atoms with E-state index in [0.717, 1.165) is 55.8 Å². The van der Waals surface area contributed by atoms with Crippen LogP contribution in [0.15, 0.2) is 24.3 Å². The van der Waals surface area contributed by atoms with Gasteiger partial charge in [-0.25, -0.2) is 4.79 Å². The van der Waals surface area contributed by atoms with Crippen molar-refractivity contribution < 1.29 is 9.59 Å². The minimum atomic E-state index is -0.592. The Bertz CT molecular complexity index is 599. The summed E-state index contributed by atoms with van der Waals surface area (Å²) in [7, 11) is 0. The van der Waals surface area contributed by atoms with Crippen LogP contribution in [0.5, 0.6) is 0 Å². The zero-order valence-corrected chi connectivity index (χ0v) is 13.9. The first-order valence-corrected chi connectivity index (χ1v) is 8.58. The third-order valence-corrected chi connectivity index (χ3v) is 4.89. The van der Waals surface area contributed by atoms with E-state index in [1.165, 1.54) is 4.90 Å². The zero-order valence-electron chi connectivity index (χ0n) is 13.1. The third kappa shape index (κ3) is 3.51. The van der Waals surface area contributed by atoms with Gasteiger partial charge in [0.25, 0.3) is 5.91 Å². The third-order valence-electron chi connectivity index (χ3n) is 4.66. The maximum atomic E-state index is 12.5. The molecule has 1 aliphatic heterocycles. The molecule has 1 saturated carbocycles. The Balaban J connectivity index is 1.42. The quantitative estimate of drug-likeness (QED) is 0.620.